The number of esters is 1. The first-order valence-corrected chi connectivity index (χ1v) is 9.32. The third-order valence-electron chi connectivity index (χ3n) is 4.05. The Balaban J connectivity index is 1.67. The number of hydrogen-bond donors (Lipinski definition) is 1. The van der Waals surface area contributed by atoms with Crippen LogP contribution < -0.4 is 10.1 Å². The highest BCUT2D eigenvalue weighted by Crippen LogP contribution is 2.25. The van der Waals surface area contributed by atoms with Crippen molar-refractivity contribution in [1.82, 2.24) is 0 Å². The molecule has 0 fully saturated rings. The molecule has 138 valence electrons. The van der Waals surface area contributed by atoms with E-state index >= 15 is 0 Å². The first-order valence-electron chi connectivity index (χ1n) is 8.53. The van der Waals surface area contributed by atoms with Gasteiger partial charge in [0.2, 0.25) is 0 Å². The first-order chi connectivity index (χ1) is 13.2. The second kappa shape index (κ2) is 9.24. The Hall–Kier alpha value is -2.79. The number of carbonyl (C=O) groups excluding carboxylic acids is 1. The molecule has 0 aromatic heterocycles. The van der Waals surface area contributed by atoms with Gasteiger partial charge in [-0.2, -0.15) is 0 Å². The highest BCUT2D eigenvalue weighted by Gasteiger charge is 2.07. The number of methoxy groups -OCH3 is 1. The quantitative estimate of drug-likeness (QED) is 0.512. The monoisotopic (exact) mass is 425 g/mol. The van der Waals surface area contributed by atoms with E-state index in [2.05, 4.69) is 21.2 Å². The summed E-state index contributed by atoms with van der Waals surface area (Å²) < 4.78 is 11.7. The molecule has 0 heterocycles. The summed E-state index contributed by atoms with van der Waals surface area (Å²) in [6.45, 7) is 1.12. The summed E-state index contributed by atoms with van der Waals surface area (Å²) in [7, 11) is 1.37. The first kappa shape index (κ1) is 19.0. The van der Waals surface area contributed by atoms with Crippen LogP contribution in [0.1, 0.15) is 21.5 Å². The Kier molecular flexibility index (Phi) is 6.49. The minimum atomic E-state index is -0.342. The summed E-state index contributed by atoms with van der Waals surface area (Å²) in [5, 5.41) is 3.36. The van der Waals surface area contributed by atoms with Crippen molar-refractivity contribution in [3.8, 4) is 5.75 Å². The normalized spacial score (nSPS) is 10.3. The van der Waals surface area contributed by atoms with Gasteiger partial charge in [0.05, 0.1) is 12.7 Å². The maximum atomic E-state index is 11.5. The second-order valence-corrected chi connectivity index (χ2v) is 6.86. The smallest absolute Gasteiger partial charge is 0.337 e. The molecular weight excluding hydrogens is 406 g/mol. The minimum absolute atomic E-state index is 0.342. The average Bonchev–Trinajstić information content (AvgIpc) is 2.72. The lowest BCUT2D eigenvalue weighted by Crippen LogP contribution is -2.05. The molecule has 3 aromatic carbocycles. The Morgan fingerprint density at radius 1 is 1.00 bits per heavy atom. The highest BCUT2D eigenvalue weighted by molar-refractivity contribution is 9.10. The zero-order valence-electron chi connectivity index (χ0n) is 14.9. The largest absolute Gasteiger partial charge is 0.489 e. The number of ether oxygens (including phenoxy) is 2. The maximum Gasteiger partial charge on any atom is 0.337 e. The van der Waals surface area contributed by atoms with Crippen LogP contribution in [0.5, 0.6) is 5.75 Å². The fraction of sp³-hybridized carbons (Fsp3) is 0.136. The molecule has 0 saturated carbocycles. The summed E-state index contributed by atoms with van der Waals surface area (Å²) in [4.78, 5) is 11.5. The van der Waals surface area contributed by atoms with Gasteiger partial charge in [-0.1, -0.05) is 46.3 Å². The third kappa shape index (κ3) is 5.34. The number of nitrogens with one attached hydrogen (secondary N) is 1. The molecule has 0 aliphatic rings. The van der Waals surface area contributed by atoms with Crippen molar-refractivity contribution in [3.63, 3.8) is 0 Å². The Labute approximate surface area is 167 Å². The maximum absolute atomic E-state index is 11.5. The topological polar surface area (TPSA) is 47.6 Å². The van der Waals surface area contributed by atoms with Gasteiger partial charge in [0.25, 0.3) is 0 Å². The Morgan fingerprint density at radius 3 is 2.44 bits per heavy atom. The fourth-order valence-electron chi connectivity index (χ4n) is 2.60. The van der Waals surface area contributed by atoms with Gasteiger partial charge in [-0.25, -0.2) is 4.79 Å². The van der Waals surface area contributed by atoms with Gasteiger partial charge in [-0.3, -0.25) is 0 Å². The Morgan fingerprint density at radius 2 is 1.74 bits per heavy atom. The number of anilines is 1. The van der Waals surface area contributed by atoms with Gasteiger partial charge in [0.1, 0.15) is 12.4 Å². The van der Waals surface area contributed by atoms with Crippen LogP contribution in [0, 0.1) is 0 Å². The molecular formula is C22H20BrNO3. The van der Waals surface area contributed by atoms with Crippen LogP contribution in [0.4, 0.5) is 5.69 Å². The van der Waals surface area contributed by atoms with Crippen LogP contribution in [0.15, 0.2) is 77.3 Å². The molecule has 0 amide bonds. The molecule has 3 rings (SSSR count). The number of carbonyl (C=O) groups is 1. The predicted molar refractivity (Wildman–Crippen MR) is 110 cm³/mol. The molecule has 0 aliphatic carbocycles. The molecule has 0 spiro atoms. The molecule has 0 saturated heterocycles. The zero-order chi connectivity index (χ0) is 19.1. The van der Waals surface area contributed by atoms with Gasteiger partial charge < -0.3 is 14.8 Å². The third-order valence-corrected chi connectivity index (χ3v) is 4.54. The van der Waals surface area contributed by atoms with Crippen molar-refractivity contribution >= 4 is 27.6 Å². The summed E-state index contributed by atoms with van der Waals surface area (Å²) >= 11 is 3.52. The van der Waals surface area contributed by atoms with Crippen molar-refractivity contribution in [2.24, 2.45) is 0 Å². The van der Waals surface area contributed by atoms with Crippen molar-refractivity contribution in [2.75, 3.05) is 12.4 Å². The van der Waals surface area contributed by atoms with Crippen LogP contribution in [-0.2, 0) is 17.9 Å². The predicted octanol–water partition coefficient (Wildman–Crippen LogP) is 5.43. The standard InChI is InChI=1S/C22H20BrNO3/c1-26-22(25)17-7-10-20(11-8-17)24-14-18-13-19(23)9-12-21(18)27-15-16-5-3-2-4-6-16/h2-13,24H,14-15H2,1H3. The molecule has 1 N–H and O–H groups in total. The molecule has 0 unspecified atom stereocenters. The number of halogens is 1. The highest BCUT2D eigenvalue weighted by atomic mass is 79.9. The van der Waals surface area contributed by atoms with Crippen LogP contribution in [-0.4, -0.2) is 13.1 Å². The number of benzene rings is 3. The van der Waals surface area contributed by atoms with Crippen molar-refractivity contribution in [3.05, 3.63) is 94.0 Å². The van der Waals surface area contributed by atoms with Gasteiger partial charge in [0, 0.05) is 22.3 Å². The van der Waals surface area contributed by atoms with E-state index in [1.165, 1.54) is 7.11 Å². The van der Waals surface area contributed by atoms with E-state index in [0.29, 0.717) is 18.7 Å². The van der Waals surface area contributed by atoms with E-state index in [1.54, 1.807) is 12.1 Å². The summed E-state index contributed by atoms with van der Waals surface area (Å²) in [5.41, 5.74) is 3.60. The van der Waals surface area contributed by atoms with Crippen LogP contribution in [0.2, 0.25) is 0 Å². The second-order valence-electron chi connectivity index (χ2n) is 5.95. The summed E-state index contributed by atoms with van der Waals surface area (Å²) in [5.74, 6) is 0.492. The van der Waals surface area contributed by atoms with E-state index in [9.17, 15) is 4.79 Å². The zero-order valence-corrected chi connectivity index (χ0v) is 16.5. The molecule has 5 heteroatoms. The van der Waals surface area contributed by atoms with Crippen LogP contribution >= 0.6 is 15.9 Å². The molecule has 4 nitrogen and oxygen atoms in total. The van der Waals surface area contributed by atoms with Crippen molar-refractivity contribution in [1.29, 1.82) is 0 Å². The van der Waals surface area contributed by atoms with Gasteiger partial charge in [-0.05, 0) is 48.0 Å². The summed E-state index contributed by atoms with van der Waals surface area (Å²) in [6, 6.07) is 23.2. The van der Waals surface area contributed by atoms with Gasteiger partial charge in [-0.15, -0.1) is 0 Å². The molecule has 27 heavy (non-hydrogen) atoms. The van der Waals surface area contributed by atoms with E-state index < -0.39 is 0 Å². The lowest BCUT2D eigenvalue weighted by Gasteiger charge is -2.14. The van der Waals surface area contributed by atoms with Gasteiger partial charge in [0.15, 0.2) is 0 Å². The lowest BCUT2D eigenvalue weighted by molar-refractivity contribution is 0.0601. The molecule has 0 radical (unpaired) electrons. The van der Waals surface area contributed by atoms with E-state index in [0.717, 1.165) is 27.0 Å². The number of rotatable bonds is 7. The molecule has 0 atom stereocenters. The van der Waals surface area contributed by atoms with E-state index in [4.69, 9.17) is 9.47 Å². The lowest BCUT2D eigenvalue weighted by atomic mass is 10.1. The SMILES string of the molecule is COC(=O)c1ccc(NCc2cc(Br)ccc2OCc2ccccc2)cc1. The van der Waals surface area contributed by atoms with Crippen molar-refractivity contribution < 1.29 is 14.3 Å². The van der Waals surface area contributed by atoms with E-state index in [-0.39, 0.29) is 5.97 Å². The van der Waals surface area contributed by atoms with Gasteiger partial charge >= 0.3 is 5.97 Å². The van der Waals surface area contributed by atoms with E-state index in [1.807, 2.05) is 60.7 Å². The molecule has 0 bridgehead atoms. The van der Waals surface area contributed by atoms with Crippen LogP contribution in [0.3, 0.4) is 0 Å². The number of hydrogen-bond acceptors (Lipinski definition) is 4. The summed E-state index contributed by atoms with van der Waals surface area (Å²) in [6.07, 6.45) is 0. The van der Waals surface area contributed by atoms with Crippen LogP contribution in [0.25, 0.3) is 0 Å². The molecule has 0 aliphatic heterocycles. The average molecular weight is 426 g/mol. The molecule has 3 aromatic rings. The minimum Gasteiger partial charge on any atom is -0.489 e. The fourth-order valence-corrected chi connectivity index (χ4v) is 3.01. The Bertz CT molecular complexity index is 895. The van der Waals surface area contributed by atoms with Crippen molar-refractivity contribution in [2.45, 2.75) is 13.2 Å².